The van der Waals surface area contributed by atoms with E-state index in [0.717, 1.165) is 11.8 Å². The van der Waals surface area contributed by atoms with Crippen LogP contribution in [0.4, 0.5) is 24.5 Å². The highest BCUT2D eigenvalue weighted by atomic mass is 32.2. The average molecular weight is 434 g/mol. The molecule has 0 saturated heterocycles. The van der Waals surface area contributed by atoms with Gasteiger partial charge in [-0.1, -0.05) is 36.4 Å². The summed E-state index contributed by atoms with van der Waals surface area (Å²) in [5, 5.41) is 0. The Bertz CT molecular complexity index is 1130. The molecule has 8 heteroatoms. The van der Waals surface area contributed by atoms with Crippen molar-refractivity contribution in [3.8, 4) is 0 Å². The predicted molar refractivity (Wildman–Crippen MR) is 112 cm³/mol. The van der Waals surface area contributed by atoms with Crippen molar-refractivity contribution in [3.63, 3.8) is 0 Å². The molecule has 0 aliphatic rings. The predicted octanol–water partition coefficient (Wildman–Crippen LogP) is 4.99. The van der Waals surface area contributed by atoms with E-state index < -0.39 is 27.5 Å². The van der Waals surface area contributed by atoms with Gasteiger partial charge in [0.2, 0.25) is 10.0 Å². The third kappa shape index (κ3) is 5.33. The maximum atomic E-state index is 14.3. The Morgan fingerprint density at radius 1 is 0.900 bits per heavy atom. The monoisotopic (exact) mass is 434 g/mol. The number of hydrogen-bond donors (Lipinski definition) is 1. The molecule has 3 aromatic carbocycles. The molecule has 0 unspecified atom stereocenters. The first kappa shape index (κ1) is 21.7. The van der Waals surface area contributed by atoms with Crippen LogP contribution in [0.25, 0.3) is 0 Å². The second-order valence-corrected chi connectivity index (χ2v) is 8.76. The number of rotatable bonds is 7. The molecule has 4 nitrogen and oxygen atoms in total. The minimum Gasteiger partial charge on any atom is -0.362 e. The van der Waals surface area contributed by atoms with E-state index in [0.29, 0.717) is 35.6 Å². The molecule has 0 aromatic heterocycles. The quantitative estimate of drug-likeness (QED) is 0.570. The van der Waals surface area contributed by atoms with E-state index in [1.54, 1.807) is 30.0 Å². The molecular weight excluding hydrogens is 413 g/mol. The van der Waals surface area contributed by atoms with E-state index >= 15 is 0 Å². The number of anilines is 2. The smallest absolute Gasteiger partial charge is 0.229 e. The summed E-state index contributed by atoms with van der Waals surface area (Å²) in [6.07, 6.45) is 1.05. The van der Waals surface area contributed by atoms with Crippen LogP contribution in [0.1, 0.15) is 16.7 Å². The van der Waals surface area contributed by atoms with Gasteiger partial charge in [0.15, 0.2) is 0 Å². The van der Waals surface area contributed by atoms with Crippen LogP contribution in [0.15, 0.2) is 60.7 Å². The van der Waals surface area contributed by atoms with Gasteiger partial charge in [-0.15, -0.1) is 0 Å². The van der Waals surface area contributed by atoms with Crippen molar-refractivity contribution >= 4 is 21.4 Å². The normalized spacial score (nSPS) is 11.4. The van der Waals surface area contributed by atoms with E-state index in [2.05, 4.69) is 4.72 Å². The van der Waals surface area contributed by atoms with Gasteiger partial charge in [-0.25, -0.2) is 21.6 Å². The fourth-order valence-corrected chi connectivity index (χ4v) is 3.84. The van der Waals surface area contributed by atoms with Gasteiger partial charge in [0.1, 0.15) is 17.5 Å². The molecule has 0 amide bonds. The molecule has 0 fully saturated rings. The molecule has 0 atom stereocenters. The Hall–Kier alpha value is -3.00. The van der Waals surface area contributed by atoms with Crippen molar-refractivity contribution in [2.75, 3.05) is 15.9 Å². The highest BCUT2D eigenvalue weighted by molar-refractivity contribution is 7.92. The van der Waals surface area contributed by atoms with Gasteiger partial charge < -0.3 is 4.90 Å². The lowest BCUT2D eigenvalue weighted by Gasteiger charge is -2.28. The van der Waals surface area contributed by atoms with Gasteiger partial charge in [0.05, 0.1) is 11.9 Å². The molecule has 3 rings (SSSR count). The van der Waals surface area contributed by atoms with Gasteiger partial charge in [-0.2, -0.15) is 0 Å². The van der Waals surface area contributed by atoms with Crippen molar-refractivity contribution in [2.45, 2.75) is 20.0 Å². The number of hydrogen-bond acceptors (Lipinski definition) is 3. The highest BCUT2D eigenvalue weighted by Gasteiger charge is 2.19. The maximum Gasteiger partial charge on any atom is 0.229 e. The minimum atomic E-state index is -3.51. The second-order valence-electron chi connectivity index (χ2n) is 7.01. The van der Waals surface area contributed by atoms with Crippen molar-refractivity contribution in [3.05, 3.63) is 94.8 Å². The van der Waals surface area contributed by atoms with Crippen molar-refractivity contribution in [1.82, 2.24) is 0 Å². The topological polar surface area (TPSA) is 49.4 Å². The molecule has 0 spiro atoms. The largest absolute Gasteiger partial charge is 0.362 e. The zero-order valence-corrected chi connectivity index (χ0v) is 17.3. The first-order valence-electron chi connectivity index (χ1n) is 9.14. The first-order chi connectivity index (χ1) is 14.1. The molecule has 0 heterocycles. The molecule has 30 heavy (non-hydrogen) atoms. The van der Waals surface area contributed by atoms with Crippen molar-refractivity contribution in [2.24, 2.45) is 0 Å². The lowest BCUT2D eigenvalue weighted by Crippen LogP contribution is -2.25. The number of benzene rings is 3. The Balaban J connectivity index is 2.06. The fraction of sp³-hybridized carbons (Fsp3) is 0.182. The van der Waals surface area contributed by atoms with E-state index in [1.165, 1.54) is 0 Å². The van der Waals surface area contributed by atoms with Crippen LogP contribution in [0, 0.1) is 24.4 Å². The van der Waals surface area contributed by atoms with Gasteiger partial charge in [-0.05, 0) is 30.2 Å². The molecule has 0 aliphatic heterocycles. The maximum absolute atomic E-state index is 14.3. The number of halogens is 3. The standard InChI is InChI=1S/C22H21F3N2O2S/c1-15-21(26-30(2,28)29)9-6-10-22(15)27(13-16-7-4-3-5-8-16)14-18-19(24)11-17(23)12-20(18)25/h3-12,26H,13-14H2,1-2H3. The number of sulfonamides is 1. The van der Waals surface area contributed by atoms with Gasteiger partial charge in [0.25, 0.3) is 0 Å². The molecule has 0 radical (unpaired) electrons. The number of nitrogens with zero attached hydrogens (tertiary/aromatic N) is 1. The van der Waals surface area contributed by atoms with E-state index in [9.17, 15) is 21.6 Å². The summed E-state index contributed by atoms with van der Waals surface area (Å²) in [6.45, 7) is 1.86. The summed E-state index contributed by atoms with van der Waals surface area (Å²) < 4.78 is 67.8. The third-order valence-electron chi connectivity index (χ3n) is 4.61. The summed E-state index contributed by atoms with van der Waals surface area (Å²) in [4.78, 5) is 1.72. The molecule has 0 saturated carbocycles. The fourth-order valence-electron chi connectivity index (χ4n) is 3.22. The molecule has 1 N–H and O–H groups in total. The van der Waals surface area contributed by atoms with Crippen molar-refractivity contribution in [1.29, 1.82) is 0 Å². The van der Waals surface area contributed by atoms with E-state index in [1.807, 2.05) is 30.3 Å². The molecular formula is C22H21F3N2O2S. The van der Waals surface area contributed by atoms with E-state index in [4.69, 9.17) is 0 Å². The third-order valence-corrected chi connectivity index (χ3v) is 5.20. The lowest BCUT2D eigenvalue weighted by molar-refractivity contribution is 0.519. The summed E-state index contributed by atoms with van der Waals surface area (Å²) in [7, 11) is -3.51. The Morgan fingerprint density at radius 3 is 2.13 bits per heavy atom. The SMILES string of the molecule is Cc1c(NS(C)(=O)=O)cccc1N(Cc1ccccc1)Cc1c(F)cc(F)cc1F. The van der Waals surface area contributed by atoms with Gasteiger partial charge >= 0.3 is 0 Å². The summed E-state index contributed by atoms with van der Waals surface area (Å²) in [6, 6.07) is 15.6. The Kier molecular flexibility index (Phi) is 6.36. The zero-order valence-electron chi connectivity index (χ0n) is 16.5. The average Bonchev–Trinajstić information content (AvgIpc) is 2.65. The van der Waals surface area contributed by atoms with Crippen LogP contribution in [-0.2, 0) is 23.1 Å². The first-order valence-corrected chi connectivity index (χ1v) is 11.0. The summed E-state index contributed by atoms with van der Waals surface area (Å²) >= 11 is 0. The van der Waals surface area contributed by atoms with E-state index in [-0.39, 0.29) is 12.1 Å². The van der Waals surface area contributed by atoms with Crippen LogP contribution >= 0.6 is 0 Å². The van der Waals surface area contributed by atoms with Crippen molar-refractivity contribution < 1.29 is 21.6 Å². The molecule has 158 valence electrons. The number of nitrogens with one attached hydrogen (secondary N) is 1. The van der Waals surface area contributed by atoms with Crippen LogP contribution in [0.5, 0.6) is 0 Å². The van der Waals surface area contributed by atoms with Crippen LogP contribution in [0.3, 0.4) is 0 Å². The second kappa shape index (κ2) is 8.79. The van der Waals surface area contributed by atoms with Crippen LogP contribution in [0.2, 0.25) is 0 Å². The highest BCUT2D eigenvalue weighted by Crippen LogP contribution is 2.31. The Morgan fingerprint density at radius 2 is 1.53 bits per heavy atom. The Labute approximate surface area is 174 Å². The molecule has 0 bridgehead atoms. The van der Waals surface area contributed by atoms with Crippen LogP contribution in [-0.4, -0.2) is 14.7 Å². The summed E-state index contributed by atoms with van der Waals surface area (Å²) in [5.74, 6) is -2.94. The van der Waals surface area contributed by atoms with Crippen LogP contribution < -0.4 is 9.62 Å². The molecule has 0 aliphatic carbocycles. The van der Waals surface area contributed by atoms with Gasteiger partial charge in [0, 0.05) is 36.5 Å². The minimum absolute atomic E-state index is 0.171. The molecule has 3 aromatic rings. The summed E-state index contributed by atoms with van der Waals surface area (Å²) in [5.41, 5.74) is 2.18. The zero-order chi connectivity index (χ0) is 21.9. The van der Waals surface area contributed by atoms with Gasteiger partial charge in [-0.3, -0.25) is 4.72 Å². The lowest BCUT2D eigenvalue weighted by atomic mass is 10.1.